The molecule has 17 heavy (non-hydrogen) atoms. The summed E-state index contributed by atoms with van der Waals surface area (Å²) in [7, 11) is 0. The molecule has 2 aliphatic rings. The van der Waals surface area contributed by atoms with Gasteiger partial charge >= 0.3 is 0 Å². The highest BCUT2D eigenvalue weighted by Gasteiger charge is 2.25. The van der Waals surface area contributed by atoms with Gasteiger partial charge in [0.1, 0.15) is 0 Å². The van der Waals surface area contributed by atoms with Gasteiger partial charge in [-0.15, -0.1) is 0 Å². The van der Waals surface area contributed by atoms with Crippen LogP contribution < -0.4 is 5.73 Å². The first-order valence-electron chi connectivity index (χ1n) is 7.37. The van der Waals surface area contributed by atoms with Crippen LogP contribution in [0.4, 0.5) is 0 Å². The number of nitrogens with zero attached hydrogens (tertiary/aromatic N) is 1. The summed E-state index contributed by atoms with van der Waals surface area (Å²) in [6.07, 6.45) is 9.52. The van der Waals surface area contributed by atoms with Crippen molar-refractivity contribution < 1.29 is 4.74 Å². The Hall–Kier alpha value is -0.120. The first-order valence-corrected chi connectivity index (χ1v) is 7.37. The third-order valence-corrected chi connectivity index (χ3v) is 4.14. The van der Waals surface area contributed by atoms with E-state index in [0.717, 1.165) is 12.6 Å². The standard InChI is InChI=1S/C14H28N2O/c1-12(15)11-13-5-2-8-16(13)9-3-6-14-7-4-10-17-14/h12-14H,2-11,15H2,1H3. The molecule has 2 saturated heterocycles. The average molecular weight is 240 g/mol. The van der Waals surface area contributed by atoms with Gasteiger partial charge in [-0.25, -0.2) is 0 Å². The van der Waals surface area contributed by atoms with Gasteiger partial charge in [0.25, 0.3) is 0 Å². The van der Waals surface area contributed by atoms with E-state index in [-0.39, 0.29) is 0 Å². The lowest BCUT2D eigenvalue weighted by atomic mass is 10.1. The molecule has 0 amide bonds. The maximum Gasteiger partial charge on any atom is 0.0576 e. The summed E-state index contributed by atoms with van der Waals surface area (Å²) in [6.45, 7) is 5.64. The summed E-state index contributed by atoms with van der Waals surface area (Å²) in [5, 5.41) is 0. The zero-order chi connectivity index (χ0) is 12.1. The maximum absolute atomic E-state index is 5.92. The summed E-state index contributed by atoms with van der Waals surface area (Å²) < 4.78 is 5.67. The molecule has 3 atom stereocenters. The van der Waals surface area contributed by atoms with E-state index in [0.29, 0.717) is 12.1 Å². The van der Waals surface area contributed by atoms with Gasteiger partial charge in [-0.1, -0.05) is 0 Å². The number of likely N-dealkylation sites (tertiary alicyclic amines) is 1. The highest BCUT2D eigenvalue weighted by atomic mass is 16.5. The molecular weight excluding hydrogens is 212 g/mol. The SMILES string of the molecule is CC(N)CC1CCCN1CCCC1CCCO1. The minimum absolute atomic E-state index is 0.346. The van der Waals surface area contributed by atoms with Crippen molar-refractivity contribution in [2.45, 2.75) is 70.1 Å². The van der Waals surface area contributed by atoms with E-state index in [2.05, 4.69) is 11.8 Å². The minimum atomic E-state index is 0.346. The van der Waals surface area contributed by atoms with Gasteiger partial charge in [0.15, 0.2) is 0 Å². The van der Waals surface area contributed by atoms with Crippen LogP contribution in [0.25, 0.3) is 0 Å². The van der Waals surface area contributed by atoms with Crippen LogP contribution in [-0.2, 0) is 4.74 Å². The summed E-state index contributed by atoms with van der Waals surface area (Å²) in [5.74, 6) is 0. The fourth-order valence-electron chi connectivity index (χ4n) is 3.28. The van der Waals surface area contributed by atoms with Crippen molar-refractivity contribution >= 4 is 0 Å². The predicted octanol–water partition coefficient (Wildman–Crippen LogP) is 2.15. The third-order valence-electron chi connectivity index (χ3n) is 4.14. The van der Waals surface area contributed by atoms with Crippen LogP contribution in [0.5, 0.6) is 0 Å². The van der Waals surface area contributed by atoms with Gasteiger partial charge in [0.05, 0.1) is 6.10 Å². The summed E-state index contributed by atoms with van der Waals surface area (Å²) in [6, 6.07) is 1.10. The van der Waals surface area contributed by atoms with Gasteiger partial charge in [-0.3, -0.25) is 0 Å². The predicted molar refractivity (Wildman–Crippen MR) is 71.1 cm³/mol. The number of ether oxygens (including phenoxy) is 1. The molecule has 0 saturated carbocycles. The number of rotatable bonds is 6. The monoisotopic (exact) mass is 240 g/mol. The third kappa shape index (κ3) is 4.23. The molecule has 2 rings (SSSR count). The van der Waals surface area contributed by atoms with Crippen molar-refractivity contribution in [1.29, 1.82) is 0 Å². The second kappa shape index (κ2) is 6.72. The molecule has 0 aromatic heterocycles. The molecular formula is C14H28N2O. The Labute approximate surface area is 106 Å². The van der Waals surface area contributed by atoms with Crippen LogP contribution in [0, 0.1) is 0 Å². The van der Waals surface area contributed by atoms with Crippen LogP contribution in [-0.4, -0.2) is 42.8 Å². The van der Waals surface area contributed by atoms with Gasteiger partial charge in [0.2, 0.25) is 0 Å². The van der Waals surface area contributed by atoms with Gasteiger partial charge in [-0.2, -0.15) is 0 Å². The zero-order valence-electron chi connectivity index (χ0n) is 11.2. The van der Waals surface area contributed by atoms with Crippen LogP contribution in [0.3, 0.4) is 0 Å². The molecule has 100 valence electrons. The lowest BCUT2D eigenvalue weighted by Crippen LogP contribution is -2.35. The fraction of sp³-hybridized carbons (Fsp3) is 1.00. The smallest absolute Gasteiger partial charge is 0.0576 e. The number of hydrogen-bond acceptors (Lipinski definition) is 3. The Morgan fingerprint density at radius 2 is 2.24 bits per heavy atom. The molecule has 2 heterocycles. The average Bonchev–Trinajstić information content (AvgIpc) is 2.90. The Morgan fingerprint density at radius 3 is 2.94 bits per heavy atom. The van der Waals surface area contributed by atoms with Crippen molar-refractivity contribution in [1.82, 2.24) is 4.90 Å². The lowest BCUT2D eigenvalue weighted by molar-refractivity contribution is 0.0977. The molecule has 0 aromatic carbocycles. The van der Waals surface area contributed by atoms with E-state index >= 15 is 0 Å². The first-order chi connectivity index (χ1) is 8.25. The van der Waals surface area contributed by atoms with E-state index in [4.69, 9.17) is 10.5 Å². The van der Waals surface area contributed by atoms with Crippen molar-refractivity contribution in [2.75, 3.05) is 19.7 Å². The molecule has 0 spiro atoms. The van der Waals surface area contributed by atoms with Crippen molar-refractivity contribution in [2.24, 2.45) is 5.73 Å². The Kier molecular flexibility index (Phi) is 5.26. The van der Waals surface area contributed by atoms with E-state index in [1.54, 1.807) is 0 Å². The molecule has 3 unspecified atom stereocenters. The van der Waals surface area contributed by atoms with Crippen molar-refractivity contribution in [3.8, 4) is 0 Å². The molecule has 3 heteroatoms. The highest BCUT2D eigenvalue weighted by molar-refractivity contribution is 4.81. The van der Waals surface area contributed by atoms with Crippen LogP contribution in [0.2, 0.25) is 0 Å². The Morgan fingerprint density at radius 1 is 1.35 bits per heavy atom. The van der Waals surface area contributed by atoms with Gasteiger partial charge < -0.3 is 15.4 Å². The second-order valence-electron chi connectivity index (χ2n) is 5.82. The molecule has 2 N–H and O–H groups in total. The molecule has 2 aliphatic heterocycles. The summed E-state index contributed by atoms with van der Waals surface area (Å²) in [5.41, 5.74) is 5.92. The molecule has 0 aromatic rings. The minimum Gasteiger partial charge on any atom is -0.378 e. The molecule has 0 aliphatic carbocycles. The molecule has 0 radical (unpaired) electrons. The zero-order valence-corrected chi connectivity index (χ0v) is 11.2. The van der Waals surface area contributed by atoms with Crippen LogP contribution >= 0.6 is 0 Å². The fourth-order valence-corrected chi connectivity index (χ4v) is 3.28. The summed E-state index contributed by atoms with van der Waals surface area (Å²) >= 11 is 0. The van der Waals surface area contributed by atoms with Gasteiger partial charge in [0, 0.05) is 18.7 Å². The largest absolute Gasteiger partial charge is 0.378 e. The topological polar surface area (TPSA) is 38.5 Å². The van der Waals surface area contributed by atoms with Crippen molar-refractivity contribution in [3.05, 3.63) is 0 Å². The lowest BCUT2D eigenvalue weighted by Gasteiger charge is -2.26. The number of nitrogens with two attached hydrogens (primary N) is 1. The summed E-state index contributed by atoms with van der Waals surface area (Å²) in [4.78, 5) is 2.65. The van der Waals surface area contributed by atoms with Crippen LogP contribution in [0.1, 0.15) is 51.9 Å². The second-order valence-corrected chi connectivity index (χ2v) is 5.82. The Bertz CT molecular complexity index is 214. The van der Waals surface area contributed by atoms with Crippen LogP contribution in [0.15, 0.2) is 0 Å². The van der Waals surface area contributed by atoms with E-state index in [9.17, 15) is 0 Å². The van der Waals surface area contributed by atoms with E-state index in [1.807, 2.05) is 0 Å². The Balaban J connectivity index is 1.63. The molecule has 2 fully saturated rings. The van der Waals surface area contributed by atoms with E-state index < -0.39 is 0 Å². The normalized spacial score (nSPS) is 32.1. The number of hydrogen-bond donors (Lipinski definition) is 1. The highest BCUT2D eigenvalue weighted by Crippen LogP contribution is 2.23. The quantitative estimate of drug-likeness (QED) is 0.773. The van der Waals surface area contributed by atoms with Crippen molar-refractivity contribution in [3.63, 3.8) is 0 Å². The molecule has 0 bridgehead atoms. The first kappa shape index (κ1) is 13.3. The van der Waals surface area contributed by atoms with E-state index in [1.165, 1.54) is 58.0 Å². The molecule has 3 nitrogen and oxygen atoms in total. The maximum atomic E-state index is 5.92. The van der Waals surface area contributed by atoms with Gasteiger partial charge in [-0.05, 0) is 65.0 Å².